The molecular formula is C10H10F2N2O2. The first-order valence-corrected chi connectivity index (χ1v) is 4.78. The predicted molar refractivity (Wildman–Crippen MR) is 52.5 cm³/mol. The minimum atomic E-state index is -3.83. The maximum atomic E-state index is 12.9. The fourth-order valence-corrected chi connectivity index (χ4v) is 1.31. The number of alkyl halides is 2. The third kappa shape index (κ3) is 1.70. The number of rotatable bonds is 1. The molecule has 0 unspecified atom stereocenters. The van der Waals surface area contributed by atoms with Crippen LogP contribution in [0.4, 0.5) is 14.6 Å². The van der Waals surface area contributed by atoms with Crippen molar-refractivity contribution in [3.05, 3.63) is 17.8 Å². The smallest absolute Gasteiger partial charge is 0.421 e. The van der Waals surface area contributed by atoms with Crippen LogP contribution in [0.15, 0.2) is 12.3 Å². The van der Waals surface area contributed by atoms with Gasteiger partial charge < -0.3 is 4.74 Å². The van der Waals surface area contributed by atoms with Crippen molar-refractivity contribution in [2.24, 2.45) is 0 Å². The second-order valence-corrected chi connectivity index (χ2v) is 3.84. The Morgan fingerprint density at radius 1 is 1.50 bits per heavy atom. The molecule has 1 aromatic heterocycles. The van der Waals surface area contributed by atoms with E-state index in [4.69, 9.17) is 0 Å². The van der Waals surface area contributed by atoms with Crippen LogP contribution in [0.2, 0.25) is 0 Å². The number of nitrogens with zero attached hydrogens (tertiary/aromatic N) is 1. The minimum Gasteiger partial charge on any atom is -0.421 e. The number of amides is 1. The van der Waals surface area contributed by atoms with Crippen LogP contribution in [0.25, 0.3) is 0 Å². The number of ether oxygens (including phenoxy) is 1. The van der Waals surface area contributed by atoms with Crippen LogP contribution in [0.1, 0.15) is 25.3 Å². The molecule has 1 aliphatic heterocycles. The van der Waals surface area contributed by atoms with Crippen LogP contribution in [0, 0.1) is 0 Å². The molecule has 0 bridgehead atoms. The van der Waals surface area contributed by atoms with Gasteiger partial charge >= 0.3 is 12.0 Å². The van der Waals surface area contributed by atoms with Crippen LogP contribution in [-0.2, 0) is 4.79 Å². The summed E-state index contributed by atoms with van der Waals surface area (Å²) in [6.07, 6.45) is -2.30. The first-order chi connectivity index (χ1) is 7.40. The average Bonchev–Trinajstić information content (AvgIpc) is 2.18. The zero-order valence-corrected chi connectivity index (χ0v) is 8.75. The summed E-state index contributed by atoms with van der Waals surface area (Å²) in [5, 5.41) is 1.99. The van der Waals surface area contributed by atoms with Crippen LogP contribution in [0.3, 0.4) is 0 Å². The van der Waals surface area contributed by atoms with E-state index in [1.807, 2.05) is 19.2 Å². The summed E-state index contributed by atoms with van der Waals surface area (Å²) in [5.41, 5.74) is 0.769. The Labute approximate surface area is 90.6 Å². The molecule has 0 spiro atoms. The highest BCUT2D eigenvalue weighted by Crippen LogP contribution is 2.35. The van der Waals surface area contributed by atoms with E-state index in [1.165, 1.54) is 12.3 Å². The molecule has 1 aliphatic rings. The molecule has 0 saturated carbocycles. The Kier molecular flexibility index (Phi) is 2.29. The zero-order valence-electron chi connectivity index (χ0n) is 8.75. The maximum Gasteiger partial charge on any atom is 0.482 e. The van der Waals surface area contributed by atoms with Crippen molar-refractivity contribution in [2.75, 3.05) is 5.32 Å². The fraction of sp³-hybridized carbons (Fsp3) is 0.400. The van der Waals surface area contributed by atoms with Crippen molar-refractivity contribution >= 4 is 11.7 Å². The van der Waals surface area contributed by atoms with E-state index in [0.29, 0.717) is 0 Å². The third-order valence-corrected chi connectivity index (χ3v) is 2.27. The molecule has 0 radical (unpaired) electrons. The Balaban J connectivity index is 2.42. The predicted octanol–water partition coefficient (Wildman–Crippen LogP) is 2.13. The molecule has 0 aliphatic carbocycles. The lowest BCUT2D eigenvalue weighted by molar-refractivity contribution is -0.189. The van der Waals surface area contributed by atoms with E-state index in [0.717, 1.165) is 5.56 Å². The van der Waals surface area contributed by atoms with Gasteiger partial charge in [0.25, 0.3) is 0 Å². The quantitative estimate of drug-likeness (QED) is 0.801. The van der Waals surface area contributed by atoms with Gasteiger partial charge in [0.1, 0.15) is 0 Å². The number of hydrogen-bond acceptors (Lipinski definition) is 3. The van der Waals surface area contributed by atoms with E-state index < -0.39 is 12.0 Å². The standard InChI is InChI=1S/C10H10F2N2O2/c1-5(2)6-3-7-8(13-4-6)14-9(15)10(11,12)16-7/h3-5H,1-2H3,(H,13,14,15). The summed E-state index contributed by atoms with van der Waals surface area (Å²) in [4.78, 5) is 14.7. The van der Waals surface area contributed by atoms with Gasteiger partial charge in [-0.25, -0.2) is 4.98 Å². The summed E-state index contributed by atoms with van der Waals surface area (Å²) in [6, 6.07) is 1.46. The molecule has 86 valence electrons. The summed E-state index contributed by atoms with van der Waals surface area (Å²) in [7, 11) is 0. The average molecular weight is 228 g/mol. The molecule has 16 heavy (non-hydrogen) atoms. The van der Waals surface area contributed by atoms with E-state index in [-0.39, 0.29) is 17.5 Å². The lowest BCUT2D eigenvalue weighted by atomic mass is 10.1. The lowest BCUT2D eigenvalue weighted by Gasteiger charge is -2.24. The first kappa shape index (κ1) is 10.8. The van der Waals surface area contributed by atoms with Gasteiger partial charge in [-0.3, -0.25) is 10.1 Å². The Bertz CT molecular complexity index is 446. The number of nitrogens with one attached hydrogen (secondary N) is 1. The lowest BCUT2D eigenvalue weighted by Crippen LogP contribution is -2.43. The first-order valence-electron chi connectivity index (χ1n) is 4.78. The number of carbonyl (C=O) groups excluding carboxylic acids is 1. The van der Waals surface area contributed by atoms with Crippen molar-refractivity contribution in [2.45, 2.75) is 25.9 Å². The second-order valence-electron chi connectivity index (χ2n) is 3.84. The summed E-state index contributed by atoms with van der Waals surface area (Å²) in [6.45, 7) is 3.81. The topological polar surface area (TPSA) is 51.2 Å². The summed E-state index contributed by atoms with van der Waals surface area (Å²) in [5.74, 6) is -1.42. The Morgan fingerprint density at radius 2 is 2.19 bits per heavy atom. The second kappa shape index (κ2) is 3.40. The van der Waals surface area contributed by atoms with Gasteiger partial charge in [-0.15, -0.1) is 0 Å². The van der Waals surface area contributed by atoms with E-state index >= 15 is 0 Å². The van der Waals surface area contributed by atoms with Gasteiger partial charge in [-0.1, -0.05) is 13.8 Å². The highest BCUT2D eigenvalue weighted by atomic mass is 19.3. The van der Waals surface area contributed by atoms with Crippen molar-refractivity contribution in [3.63, 3.8) is 0 Å². The largest absolute Gasteiger partial charge is 0.482 e. The number of fused-ring (bicyclic) bond motifs is 1. The van der Waals surface area contributed by atoms with Gasteiger partial charge in [0.15, 0.2) is 11.6 Å². The molecular weight excluding hydrogens is 218 g/mol. The molecule has 6 heteroatoms. The maximum absolute atomic E-state index is 12.9. The molecule has 1 amide bonds. The highest BCUT2D eigenvalue weighted by Gasteiger charge is 2.46. The van der Waals surface area contributed by atoms with Gasteiger partial charge in [0, 0.05) is 6.20 Å². The highest BCUT2D eigenvalue weighted by molar-refractivity contribution is 5.97. The van der Waals surface area contributed by atoms with Crippen LogP contribution in [-0.4, -0.2) is 17.0 Å². The Morgan fingerprint density at radius 3 is 2.81 bits per heavy atom. The summed E-state index contributed by atoms with van der Waals surface area (Å²) >= 11 is 0. The van der Waals surface area contributed by atoms with Gasteiger partial charge in [-0.2, -0.15) is 8.78 Å². The zero-order chi connectivity index (χ0) is 11.9. The number of anilines is 1. The molecule has 1 aromatic rings. The number of pyridine rings is 1. The molecule has 1 N–H and O–H groups in total. The van der Waals surface area contributed by atoms with Gasteiger partial charge in [0.05, 0.1) is 0 Å². The van der Waals surface area contributed by atoms with E-state index in [1.54, 1.807) is 0 Å². The van der Waals surface area contributed by atoms with Crippen molar-refractivity contribution in [1.82, 2.24) is 4.98 Å². The molecule has 0 aromatic carbocycles. The van der Waals surface area contributed by atoms with Crippen molar-refractivity contribution in [1.29, 1.82) is 0 Å². The SMILES string of the molecule is CC(C)c1cnc2c(c1)OC(F)(F)C(=O)N2. The molecule has 0 atom stereocenters. The van der Waals surface area contributed by atoms with E-state index in [2.05, 4.69) is 9.72 Å². The molecule has 0 fully saturated rings. The van der Waals surface area contributed by atoms with Crippen molar-refractivity contribution in [3.8, 4) is 5.75 Å². The molecule has 2 heterocycles. The van der Waals surface area contributed by atoms with Crippen LogP contribution < -0.4 is 10.1 Å². The number of hydrogen-bond donors (Lipinski definition) is 1. The molecule has 2 rings (SSSR count). The number of halogens is 2. The van der Waals surface area contributed by atoms with E-state index in [9.17, 15) is 13.6 Å². The molecule has 4 nitrogen and oxygen atoms in total. The van der Waals surface area contributed by atoms with Crippen molar-refractivity contribution < 1.29 is 18.3 Å². The minimum absolute atomic E-state index is 0.0281. The summed E-state index contributed by atoms with van der Waals surface area (Å²) < 4.78 is 30.2. The van der Waals surface area contributed by atoms with Gasteiger partial charge in [0.2, 0.25) is 0 Å². The van der Waals surface area contributed by atoms with Crippen LogP contribution in [0.5, 0.6) is 5.75 Å². The monoisotopic (exact) mass is 228 g/mol. The fourth-order valence-electron chi connectivity index (χ4n) is 1.31. The van der Waals surface area contributed by atoms with Crippen LogP contribution >= 0.6 is 0 Å². The molecule has 0 saturated heterocycles. The number of carbonyl (C=O) groups is 1. The Hall–Kier alpha value is -1.72. The van der Waals surface area contributed by atoms with Gasteiger partial charge in [-0.05, 0) is 17.5 Å². The normalized spacial score (nSPS) is 17.7. The third-order valence-electron chi connectivity index (χ3n) is 2.27. The number of aromatic nitrogens is 1.